The Morgan fingerprint density at radius 1 is 1.47 bits per heavy atom. The first-order chi connectivity index (χ1) is 7.80. The van der Waals surface area contributed by atoms with E-state index in [4.69, 9.17) is 10.8 Å². The van der Waals surface area contributed by atoms with Crippen LogP contribution < -0.4 is 11.1 Å². The van der Waals surface area contributed by atoms with E-state index >= 15 is 0 Å². The number of nitrogens with one attached hydrogen (secondary N) is 1. The molecule has 4 N–H and O–H groups in total. The highest BCUT2D eigenvalue weighted by Gasteiger charge is 2.38. The molecule has 1 unspecified atom stereocenters. The normalized spacial score (nSPS) is 26.9. The van der Waals surface area contributed by atoms with Crippen LogP contribution >= 0.6 is 0 Å². The van der Waals surface area contributed by atoms with Gasteiger partial charge in [-0.05, 0) is 18.8 Å². The molecular formula is C10H17F3N2O2. The SMILES string of the molecule is N[C@@H]1CCC[C@H]1CC(=O)NCC(O)C(F)(F)F. The fraction of sp³-hybridized carbons (Fsp3) is 0.900. The van der Waals surface area contributed by atoms with E-state index in [1.54, 1.807) is 0 Å². The van der Waals surface area contributed by atoms with Crippen molar-refractivity contribution < 1.29 is 23.1 Å². The smallest absolute Gasteiger partial charge is 0.382 e. The molecule has 1 amide bonds. The lowest BCUT2D eigenvalue weighted by molar-refractivity contribution is -0.201. The summed E-state index contributed by atoms with van der Waals surface area (Å²) >= 11 is 0. The molecule has 1 rings (SSSR count). The molecule has 1 saturated carbocycles. The summed E-state index contributed by atoms with van der Waals surface area (Å²) in [6, 6.07) is -0.0479. The zero-order valence-electron chi connectivity index (χ0n) is 9.33. The van der Waals surface area contributed by atoms with Crippen molar-refractivity contribution in [1.29, 1.82) is 0 Å². The summed E-state index contributed by atoms with van der Waals surface area (Å²) in [5.41, 5.74) is 5.74. The van der Waals surface area contributed by atoms with E-state index in [0.717, 1.165) is 19.3 Å². The van der Waals surface area contributed by atoms with Crippen molar-refractivity contribution in [2.24, 2.45) is 11.7 Å². The molecule has 0 aromatic carbocycles. The van der Waals surface area contributed by atoms with E-state index in [0.29, 0.717) is 0 Å². The van der Waals surface area contributed by atoms with E-state index in [1.165, 1.54) is 0 Å². The molecule has 0 bridgehead atoms. The van der Waals surface area contributed by atoms with E-state index in [-0.39, 0.29) is 18.4 Å². The lowest BCUT2D eigenvalue weighted by Crippen LogP contribution is -2.41. The maximum Gasteiger partial charge on any atom is 0.416 e. The number of hydrogen-bond acceptors (Lipinski definition) is 3. The Labute approximate surface area is 97.4 Å². The second-order valence-electron chi connectivity index (χ2n) is 4.42. The molecule has 0 aliphatic heterocycles. The van der Waals surface area contributed by atoms with Gasteiger partial charge in [0.2, 0.25) is 5.91 Å². The standard InChI is InChI=1S/C10H17F3N2O2/c11-10(12,13)8(16)5-15-9(17)4-6-2-1-3-7(6)14/h6-8,16H,1-5,14H2,(H,15,17)/t6-,7+,8?/m0/s1. The maximum absolute atomic E-state index is 11.9. The zero-order valence-corrected chi connectivity index (χ0v) is 9.33. The Balaban J connectivity index is 2.26. The van der Waals surface area contributed by atoms with Gasteiger partial charge in [0.25, 0.3) is 0 Å². The van der Waals surface area contributed by atoms with Crippen molar-refractivity contribution in [3.63, 3.8) is 0 Å². The number of carbonyl (C=O) groups is 1. The number of carbonyl (C=O) groups excluding carboxylic acids is 1. The third kappa shape index (κ3) is 4.51. The van der Waals surface area contributed by atoms with Crippen LogP contribution in [0, 0.1) is 5.92 Å². The Hall–Kier alpha value is -0.820. The summed E-state index contributed by atoms with van der Waals surface area (Å²) in [5.74, 6) is -0.450. The van der Waals surface area contributed by atoms with Gasteiger partial charge >= 0.3 is 6.18 Å². The molecule has 100 valence electrons. The summed E-state index contributed by atoms with van der Waals surface area (Å²) < 4.78 is 35.8. The average molecular weight is 254 g/mol. The van der Waals surface area contributed by atoms with Gasteiger partial charge in [-0.3, -0.25) is 4.79 Å². The van der Waals surface area contributed by atoms with Gasteiger partial charge in [-0.1, -0.05) is 6.42 Å². The summed E-state index contributed by atoms with van der Waals surface area (Å²) in [6.07, 6.45) is -4.45. The second-order valence-corrected chi connectivity index (χ2v) is 4.42. The monoisotopic (exact) mass is 254 g/mol. The Morgan fingerprint density at radius 3 is 2.59 bits per heavy atom. The summed E-state index contributed by atoms with van der Waals surface area (Å²) in [5, 5.41) is 10.8. The largest absolute Gasteiger partial charge is 0.416 e. The third-order valence-corrected chi connectivity index (χ3v) is 3.04. The number of aliphatic hydroxyl groups excluding tert-OH is 1. The molecule has 0 radical (unpaired) electrons. The lowest BCUT2D eigenvalue weighted by atomic mass is 10.00. The van der Waals surface area contributed by atoms with Crippen molar-refractivity contribution in [3.05, 3.63) is 0 Å². The number of hydrogen-bond donors (Lipinski definition) is 3. The average Bonchev–Trinajstić information content (AvgIpc) is 2.59. The van der Waals surface area contributed by atoms with Crippen molar-refractivity contribution in [2.75, 3.05) is 6.54 Å². The number of nitrogens with two attached hydrogens (primary N) is 1. The van der Waals surface area contributed by atoms with Gasteiger partial charge in [0.05, 0.1) is 6.54 Å². The lowest BCUT2D eigenvalue weighted by Gasteiger charge is -2.17. The van der Waals surface area contributed by atoms with Crippen LogP contribution in [0.4, 0.5) is 13.2 Å². The predicted molar refractivity (Wildman–Crippen MR) is 55.0 cm³/mol. The maximum atomic E-state index is 11.9. The van der Waals surface area contributed by atoms with Crippen LogP contribution in [0.25, 0.3) is 0 Å². The predicted octanol–water partition coefficient (Wildman–Crippen LogP) is 0.543. The molecule has 1 aliphatic carbocycles. The van der Waals surface area contributed by atoms with E-state index < -0.39 is 24.7 Å². The van der Waals surface area contributed by atoms with Crippen LogP contribution in [-0.2, 0) is 4.79 Å². The Bertz CT molecular complexity index is 271. The summed E-state index contributed by atoms with van der Waals surface area (Å²) in [7, 11) is 0. The molecule has 7 heteroatoms. The van der Waals surface area contributed by atoms with Gasteiger partial charge in [0, 0.05) is 12.5 Å². The first-order valence-electron chi connectivity index (χ1n) is 5.57. The zero-order chi connectivity index (χ0) is 13.1. The highest BCUT2D eigenvalue weighted by atomic mass is 19.4. The van der Waals surface area contributed by atoms with Crippen LogP contribution in [0.5, 0.6) is 0 Å². The number of alkyl halides is 3. The van der Waals surface area contributed by atoms with Crippen LogP contribution in [0.2, 0.25) is 0 Å². The highest BCUT2D eigenvalue weighted by Crippen LogP contribution is 2.26. The molecule has 3 atom stereocenters. The minimum absolute atomic E-state index is 0.0398. The second kappa shape index (κ2) is 5.68. The fourth-order valence-corrected chi connectivity index (χ4v) is 1.96. The molecule has 17 heavy (non-hydrogen) atoms. The Morgan fingerprint density at radius 2 is 2.12 bits per heavy atom. The van der Waals surface area contributed by atoms with Crippen molar-refractivity contribution in [3.8, 4) is 0 Å². The van der Waals surface area contributed by atoms with E-state index in [2.05, 4.69) is 5.32 Å². The van der Waals surface area contributed by atoms with Gasteiger partial charge < -0.3 is 16.2 Å². The number of aliphatic hydroxyl groups is 1. The highest BCUT2D eigenvalue weighted by molar-refractivity contribution is 5.76. The van der Waals surface area contributed by atoms with Gasteiger partial charge in [0.1, 0.15) is 0 Å². The molecule has 1 fully saturated rings. The summed E-state index contributed by atoms with van der Waals surface area (Å²) in [6.45, 7) is -0.801. The first kappa shape index (κ1) is 14.2. The van der Waals surface area contributed by atoms with Crippen LogP contribution in [0.1, 0.15) is 25.7 Å². The minimum atomic E-state index is -4.70. The van der Waals surface area contributed by atoms with E-state index in [9.17, 15) is 18.0 Å². The summed E-state index contributed by atoms with van der Waals surface area (Å²) in [4.78, 5) is 11.3. The van der Waals surface area contributed by atoms with Crippen molar-refractivity contribution in [1.82, 2.24) is 5.32 Å². The number of rotatable bonds is 4. The molecule has 0 spiro atoms. The van der Waals surface area contributed by atoms with Gasteiger partial charge in [-0.15, -0.1) is 0 Å². The van der Waals surface area contributed by atoms with Crippen molar-refractivity contribution in [2.45, 2.75) is 44.0 Å². The fourth-order valence-electron chi connectivity index (χ4n) is 1.96. The molecule has 0 heterocycles. The molecule has 4 nitrogen and oxygen atoms in total. The quantitative estimate of drug-likeness (QED) is 0.685. The minimum Gasteiger partial charge on any atom is -0.382 e. The van der Waals surface area contributed by atoms with E-state index in [1.807, 2.05) is 0 Å². The van der Waals surface area contributed by atoms with Gasteiger partial charge in [-0.2, -0.15) is 13.2 Å². The van der Waals surface area contributed by atoms with Crippen LogP contribution in [0.3, 0.4) is 0 Å². The molecular weight excluding hydrogens is 237 g/mol. The third-order valence-electron chi connectivity index (χ3n) is 3.04. The van der Waals surface area contributed by atoms with Crippen LogP contribution in [-0.4, -0.2) is 35.9 Å². The van der Waals surface area contributed by atoms with Gasteiger partial charge in [0.15, 0.2) is 6.10 Å². The number of amides is 1. The van der Waals surface area contributed by atoms with Gasteiger partial charge in [-0.25, -0.2) is 0 Å². The molecule has 1 aliphatic rings. The van der Waals surface area contributed by atoms with Crippen LogP contribution in [0.15, 0.2) is 0 Å². The van der Waals surface area contributed by atoms with Crippen molar-refractivity contribution >= 4 is 5.91 Å². The molecule has 0 saturated heterocycles. The topological polar surface area (TPSA) is 75.4 Å². The first-order valence-corrected chi connectivity index (χ1v) is 5.57. The molecule has 0 aromatic heterocycles. The molecule has 0 aromatic rings. The Kier molecular flexibility index (Phi) is 4.76. The number of halogens is 3.